The molecule has 0 atom stereocenters. The number of allylic oxidation sites excluding steroid dienone is 1. The second-order valence-electron chi connectivity index (χ2n) is 8.64. The van der Waals surface area contributed by atoms with Crippen molar-refractivity contribution in [3.05, 3.63) is 50.8 Å². The van der Waals surface area contributed by atoms with Crippen LogP contribution in [0.4, 0.5) is 4.39 Å². The summed E-state index contributed by atoms with van der Waals surface area (Å²) in [5.41, 5.74) is 12.5. The molecule has 2 aromatic rings. The molecule has 1 radical (unpaired) electrons. The molecule has 145 valence electrons. The van der Waals surface area contributed by atoms with Crippen LogP contribution in [0.25, 0.3) is 17.2 Å². The van der Waals surface area contributed by atoms with Crippen LogP contribution in [0.15, 0.2) is 28.2 Å². The Hall–Kier alpha value is -1.55. The van der Waals surface area contributed by atoms with Gasteiger partial charge in [-0.15, -0.1) is 0 Å². The van der Waals surface area contributed by atoms with Gasteiger partial charge in [-0.1, -0.05) is 33.6 Å². The summed E-state index contributed by atoms with van der Waals surface area (Å²) in [6.45, 7) is 10.5. The Kier molecular flexibility index (Phi) is 4.39. The van der Waals surface area contributed by atoms with E-state index in [1.807, 2.05) is 19.1 Å². The lowest BCUT2D eigenvalue weighted by molar-refractivity contribution is 0.0993. The van der Waals surface area contributed by atoms with E-state index in [9.17, 15) is 9.18 Å². The molecule has 1 heterocycles. The monoisotopic (exact) mass is 474 g/mol. The van der Waals surface area contributed by atoms with Crippen molar-refractivity contribution in [2.75, 3.05) is 0 Å². The van der Waals surface area contributed by atoms with Gasteiger partial charge in [-0.05, 0) is 84.3 Å². The molecule has 1 aliphatic carbocycles. The van der Waals surface area contributed by atoms with Crippen molar-refractivity contribution in [2.24, 2.45) is 0 Å². The number of rotatable bonds is 2. The SMILES string of the molecule is CC1=Cc2c(-c3c(C([NH])=O)cc4c(Br)c3[Si](C)(C)O[Si]4(C)C)ccc(F)c2C1. The van der Waals surface area contributed by atoms with Gasteiger partial charge < -0.3 is 4.12 Å². The zero-order valence-electron chi connectivity index (χ0n) is 16.6. The maximum Gasteiger partial charge on any atom is 0.270 e. The molecular weight excluding hydrogens is 453 g/mol. The van der Waals surface area contributed by atoms with Gasteiger partial charge in [-0.2, -0.15) is 0 Å². The Morgan fingerprint density at radius 2 is 1.89 bits per heavy atom. The quantitative estimate of drug-likeness (QED) is 0.601. The van der Waals surface area contributed by atoms with Gasteiger partial charge in [0.2, 0.25) is 16.6 Å². The Morgan fingerprint density at radius 1 is 1.21 bits per heavy atom. The second-order valence-corrected chi connectivity index (χ2v) is 17.3. The van der Waals surface area contributed by atoms with E-state index in [1.54, 1.807) is 6.07 Å². The number of hydrogen-bond acceptors (Lipinski definition) is 2. The number of fused-ring (bicyclic) bond motifs is 3. The summed E-state index contributed by atoms with van der Waals surface area (Å²) in [6.07, 6.45) is 2.57. The van der Waals surface area contributed by atoms with Crippen LogP contribution in [0, 0.1) is 5.82 Å². The van der Waals surface area contributed by atoms with E-state index in [1.165, 1.54) is 6.07 Å². The molecule has 0 spiro atoms. The number of benzene rings is 2. The number of hydrogen-bond donors (Lipinski definition) is 0. The van der Waals surface area contributed by atoms with E-state index < -0.39 is 22.5 Å². The second kappa shape index (κ2) is 6.22. The molecule has 0 saturated carbocycles. The van der Waals surface area contributed by atoms with Crippen molar-refractivity contribution in [1.82, 2.24) is 5.73 Å². The fourth-order valence-electron chi connectivity index (χ4n) is 4.64. The van der Waals surface area contributed by atoms with Gasteiger partial charge in [0.1, 0.15) is 5.82 Å². The van der Waals surface area contributed by atoms with E-state index >= 15 is 0 Å². The minimum absolute atomic E-state index is 0.226. The van der Waals surface area contributed by atoms with Crippen molar-refractivity contribution in [1.29, 1.82) is 0 Å². The number of carbonyl (C=O) groups is 1. The first kappa shape index (κ1) is 19.8. The van der Waals surface area contributed by atoms with Gasteiger partial charge in [-0.3, -0.25) is 10.5 Å². The van der Waals surface area contributed by atoms with Crippen LogP contribution in [-0.4, -0.2) is 22.5 Å². The van der Waals surface area contributed by atoms with E-state index in [0.29, 0.717) is 17.5 Å². The Bertz CT molecular complexity index is 1090. The standard InChI is InChI=1S/C21H22BrFNO2Si2/c1-11-8-13-12(6-7-16(23)14(13)9-11)18-15(21(24)25)10-17-19(22)20(18)28(4,5)26-27(17,2)3/h6-8,10,24H,9H2,1-5H3. The zero-order valence-corrected chi connectivity index (χ0v) is 20.2. The predicted molar refractivity (Wildman–Crippen MR) is 120 cm³/mol. The van der Waals surface area contributed by atoms with Gasteiger partial charge >= 0.3 is 0 Å². The molecule has 3 nitrogen and oxygen atoms in total. The molecule has 2 aliphatic rings. The van der Waals surface area contributed by atoms with Gasteiger partial charge in [0.15, 0.2) is 0 Å². The van der Waals surface area contributed by atoms with Crippen LogP contribution in [0.3, 0.4) is 0 Å². The van der Waals surface area contributed by atoms with Crippen LogP contribution >= 0.6 is 15.9 Å². The van der Waals surface area contributed by atoms with E-state index in [4.69, 9.17) is 9.85 Å². The van der Waals surface area contributed by atoms with Crippen LogP contribution in [-0.2, 0) is 10.5 Å². The number of nitrogens with one attached hydrogen (secondary N) is 1. The van der Waals surface area contributed by atoms with E-state index in [-0.39, 0.29) is 5.82 Å². The lowest BCUT2D eigenvalue weighted by Gasteiger charge is -2.43. The minimum Gasteiger partial charge on any atom is -0.449 e. The van der Waals surface area contributed by atoms with E-state index in [2.05, 4.69) is 42.1 Å². The average Bonchev–Trinajstić information content (AvgIpc) is 2.94. The van der Waals surface area contributed by atoms with Gasteiger partial charge in [0.25, 0.3) is 5.91 Å². The molecule has 1 amide bonds. The van der Waals surface area contributed by atoms with Crippen molar-refractivity contribution < 1.29 is 13.3 Å². The molecule has 4 rings (SSSR count). The molecule has 0 unspecified atom stereocenters. The Morgan fingerprint density at radius 3 is 2.54 bits per heavy atom. The molecule has 7 heteroatoms. The molecular formula is C21H22BrFNO2Si2. The smallest absolute Gasteiger partial charge is 0.270 e. The first-order valence-corrected chi connectivity index (χ1v) is 15.9. The topological polar surface area (TPSA) is 50.1 Å². The van der Waals surface area contributed by atoms with Gasteiger partial charge in [0, 0.05) is 10.0 Å². The first-order chi connectivity index (χ1) is 12.9. The van der Waals surface area contributed by atoms with Crippen molar-refractivity contribution >= 4 is 54.9 Å². The number of halogens is 2. The summed E-state index contributed by atoms with van der Waals surface area (Å²) < 4.78 is 22.1. The normalized spacial score (nSPS) is 18.6. The maximum atomic E-state index is 14.5. The van der Waals surface area contributed by atoms with Crippen LogP contribution in [0.2, 0.25) is 26.2 Å². The fraction of sp³-hybridized carbons (Fsp3) is 0.286. The molecule has 2 bridgehead atoms. The summed E-state index contributed by atoms with van der Waals surface area (Å²) >= 11 is 3.81. The summed E-state index contributed by atoms with van der Waals surface area (Å²) in [4.78, 5) is 12.4. The largest absolute Gasteiger partial charge is 0.449 e. The summed E-state index contributed by atoms with van der Waals surface area (Å²) in [7, 11) is -4.55. The molecule has 0 aromatic heterocycles. The third kappa shape index (κ3) is 2.79. The Labute approximate surface area is 175 Å². The van der Waals surface area contributed by atoms with Crippen molar-refractivity contribution in [3.8, 4) is 11.1 Å². The molecule has 1 aliphatic heterocycles. The highest BCUT2D eigenvalue weighted by atomic mass is 79.9. The predicted octanol–water partition coefficient (Wildman–Crippen LogP) is 4.49. The third-order valence-electron chi connectivity index (χ3n) is 5.69. The van der Waals surface area contributed by atoms with Crippen molar-refractivity contribution in [2.45, 2.75) is 39.5 Å². The lowest BCUT2D eigenvalue weighted by atomic mass is 9.93. The van der Waals surface area contributed by atoms with Crippen LogP contribution in [0.5, 0.6) is 0 Å². The van der Waals surface area contributed by atoms with Crippen LogP contribution in [0.1, 0.15) is 28.4 Å². The highest BCUT2D eigenvalue weighted by molar-refractivity contribution is 9.10. The Balaban J connectivity index is 2.16. The lowest BCUT2D eigenvalue weighted by Crippen LogP contribution is -2.65. The molecule has 28 heavy (non-hydrogen) atoms. The highest BCUT2D eigenvalue weighted by Gasteiger charge is 2.47. The van der Waals surface area contributed by atoms with Crippen LogP contribution < -0.4 is 16.1 Å². The van der Waals surface area contributed by atoms with Crippen molar-refractivity contribution in [3.63, 3.8) is 0 Å². The van der Waals surface area contributed by atoms with Gasteiger partial charge in [-0.25, -0.2) is 4.39 Å². The van der Waals surface area contributed by atoms with Gasteiger partial charge in [0.05, 0.1) is 0 Å². The average molecular weight is 475 g/mol. The number of amides is 1. The molecule has 0 saturated heterocycles. The van der Waals surface area contributed by atoms with E-state index in [0.717, 1.165) is 37.1 Å². The molecule has 2 aromatic carbocycles. The minimum atomic E-state index is -2.36. The molecule has 1 N–H and O–H groups in total. The first-order valence-electron chi connectivity index (χ1n) is 9.26. The number of carbonyl (C=O) groups excluding carboxylic acids is 1. The third-order valence-corrected chi connectivity index (χ3v) is 14.7. The zero-order chi connectivity index (χ0) is 20.6. The summed E-state index contributed by atoms with van der Waals surface area (Å²) in [5, 5.41) is 2.01. The summed E-state index contributed by atoms with van der Waals surface area (Å²) in [6, 6.07) is 5.05. The maximum absolute atomic E-state index is 14.5. The highest BCUT2D eigenvalue weighted by Crippen LogP contribution is 2.40. The summed E-state index contributed by atoms with van der Waals surface area (Å²) in [5.74, 6) is -0.936. The fourth-order valence-corrected chi connectivity index (χ4v) is 16.6. The molecule has 0 fully saturated rings.